The van der Waals surface area contributed by atoms with E-state index in [2.05, 4.69) is 6.92 Å². The van der Waals surface area contributed by atoms with Crippen molar-refractivity contribution in [2.45, 2.75) is 77.6 Å². The van der Waals surface area contributed by atoms with Crippen molar-refractivity contribution in [3.63, 3.8) is 0 Å². The molecule has 0 radical (unpaired) electrons. The number of aliphatic carboxylic acids is 1. The molecule has 0 heterocycles. The second-order valence-electron chi connectivity index (χ2n) is 4.88. The number of carboxylic acid groups (broad SMARTS) is 1. The standard InChI is InChI=1S/C14H26O4S.Na/c1-2-3-4-5-6-7-8-9-10-11-12-13(14(15)16)19(17)18;/h2-12H2,1H3,(H,15,16);/q;+1/p-1. The van der Waals surface area contributed by atoms with Crippen LogP contribution in [-0.4, -0.2) is 19.3 Å². The Bertz CT molecular complexity index is 369. The van der Waals surface area contributed by atoms with Gasteiger partial charge < -0.3 is 9.90 Å². The Morgan fingerprint density at radius 1 is 0.850 bits per heavy atom. The van der Waals surface area contributed by atoms with E-state index in [0.717, 1.165) is 19.3 Å². The van der Waals surface area contributed by atoms with Crippen LogP contribution in [0.4, 0.5) is 0 Å². The molecule has 0 aliphatic rings. The Morgan fingerprint density at radius 3 is 1.60 bits per heavy atom. The van der Waals surface area contributed by atoms with Crippen LogP contribution >= 0.6 is 0 Å². The van der Waals surface area contributed by atoms with Crippen molar-refractivity contribution in [1.29, 1.82) is 0 Å². The molecule has 0 aromatic heterocycles. The topological polar surface area (TPSA) is 74.3 Å². The quantitative estimate of drug-likeness (QED) is 0.266. The van der Waals surface area contributed by atoms with Gasteiger partial charge in [-0.1, -0.05) is 64.7 Å². The Morgan fingerprint density at radius 2 is 1.25 bits per heavy atom. The van der Waals surface area contributed by atoms with Gasteiger partial charge in [-0.25, -0.2) is 0 Å². The normalized spacial score (nSPS) is 9.85. The number of carboxylic acids is 1. The van der Waals surface area contributed by atoms with Gasteiger partial charge in [0.15, 0.2) is 0 Å². The average Bonchev–Trinajstić information content (AvgIpc) is 2.35. The van der Waals surface area contributed by atoms with Crippen LogP contribution in [0.15, 0.2) is 0 Å². The summed E-state index contributed by atoms with van der Waals surface area (Å²) in [5, 5.41) is 10.5. The molecule has 0 saturated carbocycles. The number of carbonyl (C=O) groups excluding carboxylic acids is 1. The van der Waals surface area contributed by atoms with Crippen molar-refractivity contribution in [2.24, 2.45) is 0 Å². The molecule has 0 aromatic carbocycles. The van der Waals surface area contributed by atoms with Crippen LogP contribution in [0.3, 0.4) is 0 Å². The summed E-state index contributed by atoms with van der Waals surface area (Å²) in [4.78, 5) is 9.99. The van der Waals surface area contributed by atoms with Gasteiger partial charge in [-0.15, -0.1) is 0 Å². The van der Waals surface area contributed by atoms with E-state index in [-0.39, 0.29) is 36.0 Å². The van der Waals surface area contributed by atoms with Gasteiger partial charge in [-0.05, 0) is 12.8 Å². The fourth-order valence-electron chi connectivity index (χ4n) is 2.03. The average molecular weight is 312 g/mol. The molecule has 0 N–H and O–H groups in total. The SMILES string of the molecule is CCCCCCCCCCCCC(C(=O)[O-])=S(=O)=O.[Na+]. The zero-order valence-corrected chi connectivity index (χ0v) is 15.6. The summed E-state index contributed by atoms with van der Waals surface area (Å²) in [6, 6.07) is 0. The second-order valence-corrected chi connectivity index (χ2v) is 5.84. The van der Waals surface area contributed by atoms with E-state index < -0.39 is 21.1 Å². The summed E-state index contributed by atoms with van der Waals surface area (Å²) in [6.45, 7) is 2.20. The van der Waals surface area contributed by atoms with Crippen molar-refractivity contribution >= 4 is 21.1 Å². The summed E-state index contributed by atoms with van der Waals surface area (Å²) in [7, 11) is -2.64. The predicted octanol–water partition coefficient (Wildman–Crippen LogP) is -0.897. The second kappa shape index (κ2) is 15.5. The van der Waals surface area contributed by atoms with Crippen LogP contribution in [0.5, 0.6) is 0 Å². The molecule has 0 atom stereocenters. The fraction of sp³-hybridized carbons (Fsp3) is 0.857. The van der Waals surface area contributed by atoms with Gasteiger partial charge in [0, 0.05) is 0 Å². The fourth-order valence-corrected chi connectivity index (χ4v) is 2.47. The zero-order valence-electron chi connectivity index (χ0n) is 12.8. The smallest absolute Gasteiger partial charge is 0.544 e. The molecule has 6 heteroatoms. The third-order valence-electron chi connectivity index (χ3n) is 3.19. The van der Waals surface area contributed by atoms with Gasteiger partial charge in [-0.2, -0.15) is 8.42 Å². The van der Waals surface area contributed by atoms with Gasteiger partial charge in [0.1, 0.15) is 0 Å². The van der Waals surface area contributed by atoms with Crippen molar-refractivity contribution < 1.29 is 47.9 Å². The first-order valence-corrected chi connectivity index (χ1v) is 8.33. The van der Waals surface area contributed by atoms with E-state index in [1.807, 2.05) is 0 Å². The van der Waals surface area contributed by atoms with Crippen LogP contribution in [0, 0.1) is 0 Å². The zero-order chi connectivity index (χ0) is 14.5. The Labute approximate surface area is 146 Å². The number of hydrogen-bond acceptors (Lipinski definition) is 4. The van der Waals surface area contributed by atoms with Crippen molar-refractivity contribution in [3.05, 3.63) is 0 Å². The summed E-state index contributed by atoms with van der Waals surface area (Å²) in [5.41, 5.74) is 0. The minimum absolute atomic E-state index is 0. The van der Waals surface area contributed by atoms with Crippen LogP contribution < -0.4 is 34.7 Å². The molecule has 0 amide bonds. The first kappa shape index (κ1) is 22.4. The largest absolute Gasteiger partial charge is 1.00 e. The van der Waals surface area contributed by atoms with E-state index in [4.69, 9.17) is 0 Å². The van der Waals surface area contributed by atoms with Crippen LogP contribution in [0.1, 0.15) is 77.6 Å². The van der Waals surface area contributed by atoms with Gasteiger partial charge in [0.25, 0.3) is 0 Å². The summed E-state index contributed by atoms with van der Waals surface area (Å²) in [5.74, 6) is -1.57. The molecule has 0 saturated heterocycles. The first-order chi connectivity index (χ1) is 9.09. The predicted molar refractivity (Wildman–Crippen MR) is 75.4 cm³/mol. The summed E-state index contributed by atoms with van der Waals surface area (Å²) < 4.78 is 21.1. The van der Waals surface area contributed by atoms with Crippen molar-refractivity contribution in [3.8, 4) is 0 Å². The molecule has 0 spiro atoms. The first-order valence-electron chi connectivity index (χ1n) is 7.26. The molecule has 0 unspecified atom stereocenters. The molecule has 0 aliphatic heterocycles. The molecule has 0 fully saturated rings. The van der Waals surface area contributed by atoms with E-state index in [1.54, 1.807) is 0 Å². The Kier molecular flexibility index (Phi) is 17.4. The molecular weight excluding hydrogens is 287 g/mol. The third-order valence-corrected chi connectivity index (χ3v) is 3.96. The summed E-state index contributed by atoms with van der Waals surface area (Å²) in [6.07, 6.45) is 11.4. The molecule has 0 aromatic rings. The van der Waals surface area contributed by atoms with Crippen molar-refractivity contribution in [2.75, 3.05) is 0 Å². The molecule has 0 aliphatic carbocycles. The van der Waals surface area contributed by atoms with Crippen LogP contribution in [0.2, 0.25) is 0 Å². The molecule has 0 bridgehead atoms. The summed E-state index contributed by atoms with van der Waals surface area (Å²) >= 11 is 0. The van der Waals surface area contributed by atoms with Gasteiger partial charge in [0.2, 0.25) is 10.3 Å². The van der Waals surface area contributed by atoms with E-state index in [0.29, 0.717) is 6.42 Å². The van der Waals surface area contributed by atoms with Crippen LogP contribution in [0.25, 0.3) is 0 Å². The minimum Gasteiger partial charge on any atom is -0.544 e. The monoisotopic (exact) mass is 312 g/mol. The van der Waals surface area contributed by atoms with Crippen LogP contribution in [-0.2, 0) is 15.1 Å². The number of unbranched alkanes of at least 4 members (excludes halogenated alkanes) is 9. The van der Waals surface area contributed by atoms with Crippen molar-refractivity contribution in [1.82, 2.24) is 0 Å². The minimum atomic E-state index is -2.64. The Balaban J connectivity index is 0. The van der Waals surface area contributed by atoms with Gasteiger partial charge >= 0.3 is 29.6 Å². The molecular formula is C14H25NaO4S. The van der Waals surface area contributed by atoms with Gasteiger partial charge in [-0.3, -0.25) is 0 Å². The number of carbonyl (C=O) groups is 1. The number of rotatable bonds is 12. The van der Waals surface area contributed by atoms with Gasteiger partial charge in [0.05, 0.1) is 10.8 Å². The third kappa shape index (κ3) is 13.2. The molecule has 0 rings (SSSR count). The van der Waals surface area contributed by atoms with E-state index in [9.17, 15) is 18.3 Å². The molecule has 20 heavy (non-hydrogen) atoms. The molecule has 112 valence electrons. The van der Waals surface area contributed by atoms with E-state index >= 15 is 0 Å². The van der Waals surface area contributed by atoms with E-state index in [1.165, 1.54) is 38.5 Å². The maximum absolute atomic E-state index is 10.6. The molecule has 4 nitrogen and oxygen atoms in total. The maximum Gasteiger partial charge on any atom is 1.00 e. The number of hydrogen-bond donors (Lipinski definition) is 0. The maximum atomic E-state index is 10.6. The Hall–Kier alpha value is 0.160.